The molecule has 9 nitrogen and oxygen atoms in total. The summed E-state index contributed by atoms with van der Waals surface area (Å²) in [5, 5.41) is 13.2. The Hall–Kier alpha value is -3.36. The zero-order valence-corrected chi connectivity index (χ0v) is 12.5. The maximum atomic E-state index is 12.5. The van der Waals surface area contributed by atoms with Gasteiger partial charge in [0.2, 0.25) is 0 Å². The largest absolute Gasteiger partial charge is 0.328 e. The van der Waals surface area contributed by atoms with E-state index in [1.807, 2.05) is 0 Å². The Balaban J connectivity index is 1.81. The fourth-order valence-electron chi connectivity index (χ4n) is 2.46. The van der Waals surface area contributed by atoms with Crippen molar-refractivity contribution in [2.45, 2.75) is 12.8 Å². The van der Waals surface area contributed by atoms with E-state index in [4.69, 9.17) is 0 Å². The van der Waals surface area contributed by atoms with Crippen LogP contribution in [0.1, 0.15) is 22.5 Å². The van der Waals surface area contributed by atoms with Crippen molar-refractivity contribution >= 4 is 29.6 Å². The second-order valence-corrected chi connectivity index (χ2v) is 5.18. The van der Waals surface area contributed by atoms with Gasteiger partial charge in [-0.2, -0.15) is 0 Å². The van der Waals surface area contributed by atoms with Crippen LogP contribution in [0.25, 0.3) is 0 Å². The summed E-state index contributed by atoms with van der Waals surface area (Å²) in [5.74, 6) is 0.648. The van der Waals surface area contributed by atoms with Gasteiger partial charge < -0.3 is 0 Å². The van der Waals surface area contributed by atoms with Crippen LogP contribution in [0.3, 0.4) is 0 Å². The first-order valence-corrected chi connectivity index (χ1v) is 7.22. The highest BCUT2D eigenvalue weighted by molar-refractivity contribution is 6.01. The van der Waals surface area contributed by atoms with E-state index in [2.05, 4.69) is 15.3 Å². The number of pyridine rings is 2. The quantitative estimate of drug-likeness (QED) is 0.524. The number of aryl methyl sites for hydroxylation is 1. The highest BCUT2D eigenvalue weighted by Gasteiger charge is 2.24. The normalized spacial score (nSPS) is 13.1. The molecule has 0 unspecified atom stereocenters. The van der Waals surface area contributed by atoms with E-state index in [-0.39, 0.29) is 17.2 Å². The summed E-state index contributed by atoms with van der Waals surface area (Å²) < 4.78 is 0. The number of nitrogens with one attached hydrogen (secondary N) is 1. The van der Waals surface area contributed by atoms with Crippen LogP contribution in [0, 0.1) is 10.1 Å². The summed E-state index contributed by atoms with van der Waals surface area (Å²) in [5.41, 5.74) is 0.981. The van der Waals surface area contributed by atoms with Crippen LogP contribution in [-0.2, 0) is 6.42 Å². The van der Waals surface area contributed by atoms with Gasteiger partial charge in [-0.1, -0.05) is 6.07 Å². The van der Waals surface area contributed by atoms with E-state index in [0.717, 1.165) is 24.6 Å². The lowest BCUT2D eigenvalue weighted by Crippen LogP contribution is -2.39. The Bertz CT molecular complexity index is 806. The second kappa shape index (κ2) is 6.41. The Morgan fingerprint density at radius 2 is 2.17 bits per heavy atom. The molecular formula is C15H13N5O4. The third-order valence-electron chi connectivity index (χ3n) is 3.62. The number of hydrogen-bond donors (Lipinski definition) is 1. The molecule has 0 saturated carbocycles. The smallest absolute Gasteiger partial charge is 0.296 e. The first-order valence-electron chi connectivity index (χ1n) is 7.22. The molecule has 1 N–H and O–H groups in total. The zero-order valence-electron chi connectivity index (χ0n) is 12.5. The number of fused-ring (bicyclic) bond motifs is 1. The summed E-state index contributed by atoms with van der Waals surface area (Å²) in [7, 11) is 0. The van der Waals surface area contributed by atoms with Crippen LogP contribution in [0.15, 0.2) is 30.5 Å². The minimum atomic E-state index is -0.565. The van der Waals surface area contributed by atoms with Crippen LogP contribution in [0.4, 0.5) is 22.1 Å². The SMILES string of the molecule is O=Cc1ccc2c(n1)N(C(=O)Nc1ccc([N+](=O)[O-])cn1)CCC2. The van der Waals surface area contributed by atoms with Gasteiger partial charge in [-0.05, 0) is 30.5 Å². The van der Waals surface area contributed by atoms with Gasteiger partial charge in [0, 0.05) is 12.6 Å². The Labute approximate surface area is 136 Å². The fourth-order valence-corrected chi connectivity index (χ4v) is 2.46. The monoisotopic (exact) mass is 327 g/mol. The molecule has 9 heteroatoms. The maximum absolute atomic E-state index is 12.5. The van der Waals surface area contributed by atoms with Crippen molar-refractivity contribution in [3.05, 3.63) is 51.8 Å². The van der Waals surface area contributed by atoms with Gasteiger partial charge in [-0.3, -0.25) is 25.1 Å². The number of aldehydes is 1. The molecule has 0 fully saturated rings. The molecule has 0 radical (unpaired) electrons. The standard InChI is InChI=1S/C15H13N5O4/c21-9-11-4-3-10-2-1-7-19(14(10)17-11)15(22)18-13-6-5-12(8-16-13)20(23)24/h3-6,8-9H,1-2,7H2,(H,16,18,22). The van der Waals surface area contributed by atoms with Crippen LogP contribution >= 0.6 is 0 Å². The first kappa shape index (κ1) is 15.5. The minimum Gasteiger partial charge on any atom is -0.296 e. The first-order chi connectivity index (χ1) is 11.6. The number of carbonyl (C=O) groups excluding carboxylic acids is 2. The average Bonchev–Trinajstić information content (AvgIpc) is 2.61. The lowest BCUT2D eigenvalue weighted by Gasteiger charge is -2.28. The lowest BCUT2D eigenvalue weighted by atomic mass is 10.1. The molecule has 0 atom stereocenters. The van der Waals surface area contributed by atoms with Crippen molar-refractivity contribution in [1.29, 1.82) is 0 Å². The van der Waals surface area contributed by atoms with Gasteiger partial charge in [-0.15, -0.1) is 0 Å². The summed E-state index contributed by atoms with van der Waals surface area (Å²) in [4.78, 5) is 42.9. The van der Waals surface area contributed by atoms with E-state index in [1.165, 1.54) is 17.0 Å². The van der Waals surface area contributed by atoms with Gasteiger partial charge in [0.05, 0.1) is 4.92 Å². The van der Waals surface area contributed by atoms with Gasteiger partial charge in [0.25, 0.3) is 5.69 Å². The molecule has 1 aliphatic rings. The van der Waals surface area contributed by atoms with Crippen LogP contribution in [-0.4, -0.2) is 33.8 Å². The molecule has 122 valence electrons. The van der Waals surface area contributed by atoms with Gasteiger partial charge in [0.15, 0.2) is 6.29 Å². The number of rotatable bonds is 3. The third-order valence-corrected chi connectivity index (χ3v) is 3.62. The number of amides is 2. The number of nitrogens with zero attached hydrogens (tertiary/aromatic N) is 4. The maximum Gasteiger partial charge on any atom is 0.328 e. The molecule has 2 amide bonds. The molecule has 24 heavy (non-hydrogen) atoms. The van der Waals surface area contributed by atoms with E-state index < -0.39 is 11.0 Å². The lowest BCUT2D eigenvalue weighted by molar-refractivity contribution is -0.385. The van der Waals surface area contributed by atoms with Crippen LogP contribution in [0.5, 0.6) is 0 Å². The Morgan fingerprint density at radius 3 is 2.83 bits per heavy atom. The Kier molecular flexibility index (Phi) is 4.15. The molecule has 3 rings (SSSR count). The van der Waals surface area contributed by atoms with E-state index in [9.17, 15) is 19.7 Å². The molecule has 2 aromatic heterocycles. The molecule has 0 bridgehead atoms. The molecule has 3 heterocycles. The van der Waals surface area contributed by atoms with Crippen molar-refractivity contribution < 1.29 is 14.5 Å². The molecule has 1 aliphatic heterocycles. The van der Waals surface area contributed by atoms with Gasteiger partial charge in [0.1, 0.15) is 23.5 Å². The topological polar surface area (TPSA) is 118 Å². The number of urea groups is 1. The molecule has 0 aliphatic carbocycles. The number of carbonyl (C=O) groups is 2. The zero-order chi connectivity index (χ0) is 17.1. The average molecular weight is 327 g/mol. The van der Waals surface area contributed by atoms with Gasteiger partial charge in [-0.25, -0.2) is 14.8 Å². The van der Waals surface area contributed by atoms with Crippen LogP contribution < -0.4 is 10.2 Å². The van der Waals surface area contributed by atoms with E-state index in [0.29, 0.717) is 18.6 Å². The summed E-state index contributed by atoms with van der Waals surface area (Å²) >= 11 is 0. The fraction of sp³-hybridized carbons (Fsp3) is 0.200. The van der Waals surface area contributed by atoms with Crippen molar-refractivity contribution in [2.24, 2.45) is 0 Å². The second-order valence-electron chi connectivity index (χ2n) is 5.18. The molecule has 0 spiro atoms. The third kappa shape index (κ3) is 3.05. The Morgan fingerprint density at radius 1 is 1.33 bits per heavy atom. The number of anilines is 2. The van der Waals surface area contributed by atoms with Crippen molar-refractivity contribution in [2.75, 3.05) is 16.8 Å². The number of aromatic nitrogens is 2. The highest BCUT2D eigenvalue weighted by Crippen LogP contribution is 2.25. The van der Waals surface area contributed by atoms with Gasteiger partial charge >= 0.3 is 6.03 Å². The predicted octanol–water partition coefficient (Wildman–Crippen LogP) is 2.18. The molecule has 0 aromatic carbocycles. The summed E-state index contributed by atoms with van der Waals surface area (Å²) in [6, 6.07) is 5.57. The van der Waals surface area contributed by atoms with E-state index in [1.54, 1.807) is 12.1 Å². The number of hydrogen-bond acceptors (Lipinski definition) is 6. The minimum absolute atomic E-state index is 0.159. The molecule has 0 saturated heterocycles. The molecule has 2 aromatic rings. The van der Waals surface area contributed by atoms with Crippen molar-refractivity contribution in [1.82, 2.24) is 9.97 Å². The van der Waals surface area contributed by atoms with Crippen molar-refractivity contribution in [3.8, 4) is 0 Å². The van der Waals surface area contributed by atoms with Crippen molar-refractivity contribution in [3.63, 3.8) is 0 Å². The number of nitro groups is 1. The molecular weight excluding hydrogens is 314 g/mol. The predicted molar refractivity (Wildman–Crippen MR) is 85.2 cm³/mol. The van der Waals surface area contributed by atoms with Crippen LogP contribution in [0.2, 0.25) is 0 Å². The summed E-state index contributed by atoms with van der Waals surface area (Å²) in [6.07, 6.45) is 3.25. The summed E-state index contributed by atoms with van der Waals surface area (Å²) in [6.45, 7) is 0.459. The van der Waals surface area contributed by atoms with E-state index >= 15 is 0 Å². The highest BCUT2D eigenvalue weighted by atomic mass is 16.6.